The Morgan fingerprint density at radius 3 is 2.62 bits per heavy atom. The lowest BCUT2D eigenvalue weighted by molar-refractivity contribution is -0.142. The second-order valence-corrected chi connectivity index (χ2v) is 7.14. The summed E-state index contributed by atoms with van der Waals surface area (Å²) in [6, 6.07) is 0. The number of aromatic nitrogens is 2. The third kappa shape index (κ3) is 5.52. The molecule has 0 bridgehead atoms. The minimum absolute atomic E-state index is 0.0183. The smallest absolute Gasteiger partial charge is 0.248 e. The summed E-state index contributed by atoms with van der Waals surface area (Å²) in [6.45, 7) is 8.37. The Morgan fingerprint density at radius 2 is 2.04 bits per heavy atom. The number of nitrogens with zero attached hydrogens (tertiary/aromatic N) is 4. The number of carbonyl (C=O) groups excluding carboxylic acids is 2. The average molecular weight is 366 g/mol. The Morgan fingerprint density at radius 1 is 1.35 bits per heavy atom. The molecule has 26 heavy (non-hydrogen) atoms. The molecule has 0 atom stereocenters. The summed E-state index contributed by atoms with van der Waals surface area (Å²) in [5.41, 5.74) is 0. The zero-order chi connectivity index (χ0) is 19.1. The van der Waals surface area contributed by atoms with Gasteiger partial charge in [-0.15, -0.1) is 0 Å². The van der Waals surface area contributed by atoms with Gasteiger partial charge in [0.25, 0.3) is 0 Å². The molecule has 1 aromatic heterocycles. The van der Waals surface area contributed by atoms with Crippen molar-refractivity contribution >= 4 is 11.8 Å². The number of hydrogen-bond donors (Lipinski definition) is 0. The first-order valence-electron chi connectivity index (χ1n) is 9.31. The molecule has 2 rings (SSSR count). The Balaban J connectivity index is 1.88. The summed E-state index contributed by atoms with van der Waals surface area (Å²) in [7, 11) is 1.51. The van der Waals surface area contributed by atoms with Crippen molar-refractivity contribution in [3.05, 3.63) is 11.7 Å². The minimum atomic E-state index is -0.0661. The topological polar surface area (TPSA) is 88.8 Å². The molecular formula is C18H30N4O4. The quantitative estimate of drug-likeness (QED) is 0.693. The molecule has 2 amide bonds. The number of ether oxygens (including phenoxy) is 1. The van der Waals surface area contributed by atoms with E-state index in [0.29, 0.717) is 56.7 Å². The lowest BCUT2D eigenvalue weighted by atomic mass is 9.95. The highest BCUT2D eigenvalue weighted by Crippen LogP contribution is 2.21. The van der Waals surface area contributed by atoms with Gasteiger partial charge in [-0.05, 0) is 25.7 Å². The van der Waals surface area contributed by atoms with Crippen molar-refractivity contribution in [1.82, 2.24) is 19.9 Å². The highest BCUT2D eigenvalue weighted by atomic mass is 16.5. The van der Waals surface area contributed by atoms with E-state index < -0.39 is 0 Å². The molecule has 1 aliphatic heterocycles. The molecule has 1 saturated heterocycles. The Bertz CT molecular complexity index is 594. The fraction of sp³-hybridized carbons (Fsp3) is 0.778. The molecule has 146 valence electrons. The van der Waals surface area contributed by atoms with E-state index in [1.165, 1.54) is 7.11 Å². The van der Waals surface area contributed by atoms with E-state index in [9.17, 15) is 9.59 Å². The Kier molecular flexibility index (Phi) is 7.56. The fourth-order valence-electron chi connectivity index (χ4n) is 3.15. The predicted octanol–water partition coefficient (Wildman–Crippen LogP) is 1.50. The van der Waals surface area contributed by atoms with Crippen LogP contribution in [0.1, 0.15) is 45.3 Å². The number of carbonyl (C=O) groups is 2. The van der Waals surface area contributed by atoms with Crippen molar-refractivity contribution < 1.29 is 18.8 Å². The van der Waals surface area contributed by atoms with Crippen LogP contribution in [0.5, 0.6) is 0 Å². The van der Waals surface area contributed by atoms with Gasteiger partial charge in [-0.1, -0.05) is 19.0 Å². The van der Waals surface area contributed by atoms with Crippen molar-refractivity contribution in [3.63, 3.8) is 0 Å². The van der Waals surface area contributed by atoms with Crippen LogP contribution in [0.4, 0.5) is 0 Å². The number of rotatable bonds is 8. The van der Waals surface area contributed by atoms with E-state index in [-0.39, 0.29) is 24.3 Å². The van der Waals surface area contributed by atoms with Crippen molar-refractivity contribution in [2.75, 3.05) is 33.4 Å². The first kappa shape index (κ1) is 20.4. The SMILES string of the molecule is CCN(Cc1noc(CC(C)C)n1)C(=O)C1CCN(C(=O)COC)CC1. The summed E-state index contributed by atoms with van der Waals surface area (Å²) in [5, 5.41) is 3.99. The zero-order valence-electron chi connectivity index (χ0n) is 16.2. The standard InChI is InChI=1S/C18H30N4O4/c1-5-21(11-15-19-16(26-20-15)10-13(2)3)18(24)14-6-8-22(9-7-14)17(23)12-25-4/h13-14H,5-12H2,1-4H3. The van der Waals surface area contributed by atoms with Gasteiger partial charge in [0, 0.05) is 39.1 Å². The summed E-state index contributed by atoms with van der Waals surface area (Å²) < 4.78 is 10.1. The van der Waals surface area contributed by atoms with Gasteiger partial charge in [0.1, 0.15) is 6.61 Å². The van der Waals surface area contributed by atoms with E-state index in [4.69, 9.17) is 9.26 Å². The molecule has 0 radical (unpaired) electrons. The monoisotopic (exact) mass is 366 g/mol. The molecule has 0 unspecified atom stereocenters. The maximum atomic E-state index is 12.8. The van der Waals surface area contributed by atoms with Crippen LogP contribution in [0.3, 0.4) is 0 Å². The number of amides is 2. The van der Waals surface area contributed by atoms with E-state index in [1.807, 2.05) is 6.92 Å². The van der Waals surface area contributed by atoms with Crippen molar-refractivity contribution in [1.29, 1.82) is 0 Å². The van der Waals surface area contributed by atoms with Crippen LogP contribution in [0.2, 0.25) is 0 Å². The summed E-state index contributed by atoms with van der Waals surface area (Å²) >= 11 is 0. The minimum Gasteiger partial charge on any atom is -0.375 e. The lowest BCUT2D eigenvalue weighted by Crippen LogP contribution is -2.45. The Hall–Kier alpha value is -1.96. The van der Waals surface area contributed by atoms with Gasteiger partial charge in [-0.3, -0.25) is 9.59 Å². The summed E-state index contributed by atoms with van der Waals surface area (Å²) in [4.78, 5) is 32.6. The van der Waals surface area contributed by atoms with E-state index >= 15 is 0 Å². The zero-order valence-corrected chi connectivity index (χ0v) is 16.2. The Labute approximate surface area is 154 Å². The number of hydrogen-bond acceptors (Lipinski definition) is 6. The van der Waals surface area contributed by atoms with Gasteiger partial charge in [-0.25, -0.2) is 0 Å². The molecule has 8 heteroatoms. The number of piperidine rings is 1. The summed E-state index contributed by atoms with van der Waals surface area (Å²) in [5.74, 6) is 1.62. The maximum Gasteiger partial charge on any atom is 0.248 e. The first-order chi connectivity index (χ1) is 12.4. The van der Waals surface area contributed by atoms with Crippen LogP contribution >= 0.6 is 0 Å². The van der Waals surface area contributed by atoms with E-state index in [2.05, 4.69) is 24.0 Å². The molecule has 1 aromatic rings. The highest BCUT2D eigenvalue weighted by Gasteiger charge is 2.30. The maximum absolute atomic E-state index is 12.8. The van der Waals surface area contributed by atoms with E-state index in [1.54, 1.807) is 9.80 Å². The molecule has 0 N–H and O–H groups in total. The number of likely N-dealkylation sites (tertiary alicyclic amines) is 1. The van der Waals surface area contributed by atoms with Gasteiger partial charge in [0.2, 0.25) is 17.7 Å². The van der Waals surface area contributed by atoms with Gasteiger partial charge in [0.15, 0.2) is 5.82 Å². The highest BCUT2D eigenvalue weighted by molar-refractivity contribution is 5.80. The normalized spacial score (nSPS) is 15.5. The molecule has 2 heterocycles. The molecule has 0 aromatic carbocycles. The third-order valence-electron chi connectivity index (χ3n) is 4.58. The lowest BCUT2D eigenvalue weighted by Gasteiger charge is -2.33. The van der Waals surface area contributed by atoms with Crippen LogP contribution in [-0.4, -0.2) is 65.1 Å². The van der Waals surface area contributed by atoms with E-state index in [0.717, 1.165) is 6.42 Å². The molecule has 1 aliphatic rings. The second-order valence-electron chi connectivity index (χ2n) is 7.14. The summed E-state index contributed by atoms with van der Waals surface area (Å²) in [6.07, 6.45) is 2.09. The molecule has 0 spiro atoms. The van der Waals surface area contributed by atoms with Crippen LogP contribution in [-0.2, 0) is 27.3 Å². The largest absolute Gasteiger partial charge is 0.375 e. The van der Waals surface area contributed by atoms with Gasteiger partial charge >= 0.3 is 0 Å². The molecular weight excluding hydrogens is 336 g/mol. The van der Waals surface area contributed by atoms with Gasteiger partial charge < -0.3 is 19.1 Å². The van der Waals surface area contributed by atoms with Crippen LogP contribution in [0.25, 0.3) is 0 Å². The molecule has 0 aliphatic carbocycles. The van der Waals surface area contributed by atoms with Crippen LogP contribution < -0.4 is 0 Å². The fourth-order valence-corrected chi connectivity index (χ4v) is 3.15. The van der Waals surface area contributed by atoms with Gasteiger partial charge in [-0.2, -0.15) is 4.98 Å². The number of methoxy groups -OCH3 is 1. The molecule has 1 fully saturated rings. The van der Waals surface area contributed by atoms with Gasteiger partial charge in [0.05, 0.1) is 6.54 Å². The second kappa shape index (κ2) is 9.66. The predicted molar refractivity (Wildman–Crippen MR) is 95.1 cm³/mol. The van der Waals surface area contributed by atoms with Crippen molar-refractivity contribution in [2.24, 2.45) is 11.8 Å². The molecule has 0 saturated carbocycles. The van der Waals surface area contributed by atoms with Crippen molar-refractivity contribution in [3.8, 4) is 0 Å². The average Bonchev–Trinajstić information content (AvgIpc) is 3.05. The third-order valence-corrected chi connectivity index (χ3v) is 4.58. The first-order valence-corrected chi connectivity index (χ1v) is 9.31. The molecule has 8 nitrogen and oxygen atoms in total. The van der Waals surface area contributed by atoms with Crippen LogP contribution in [0.15, 0.2) is 4.52 Å². The van der Waals surface area contributed by atoms with Crippen LogP contribution in [0, 0.1) is 11.8 Å². The van der Waals surface area contributed by atoms with Crippen molar-refractivity contribution in [2.45, 2.75) is 46.6 Å².